The maximum absolute atomic E-state index is 12.6. The normalized spacial score (nSPS) is 15.4. The van der Waals surface area contributed by atoms with Crippen LogP contribution < -0.4 is 15.0 Å². The van der Waals surface area contributed by atoms with Gasteiger partial charge < -0.3 is 15.0 Å². The van der Waals surface area contributed by atoms with E-state index in [1.807, 2.05) is 0 Å². The quantitative estimate of drug-likeness (QED) is 0.828. The molecule has 148 valence electrons. The molecule has 0 unspecified atom stereocenters. The van der Waals surface area contributed by atoms with E-state index >= 15 is 0 Å². The number of ether oxygens (including phenoxy) is 1. The molecule has 0 radical (unpaired) electrons. The van der Waals surface area contributed by atoms with Gasteiger partial charge in [-0.1, -0.05) is 0 Å². The van der Waals surface area contributed by atoms with Crippen molar-refractivity contribution in [1.29, 1.82) is 0 Å². The van der Waals surface area contributed by atoms with Crippen LogP contribution in [0, 0.1) is 0 Å². The van der Waals surface area contributed by atoms with Crippen molar-refractivity contribution < 1.29 is 27.5 Å². The molecule has 0 saturated carbocycles. The molecule has 2 aromatic carbocycles. The lowest BCUT2D eigenvalue weighted by Crippen LogP contribution is -2.30. The van der Waals surface area contributed by atoms with Gasteiger partial charge in [-0.15, -0.1) is 0 Å². The van der Waals surface area contributed by atoms with Crippen molar-refractivity contribution in [1.82, 2.24) is 0 Å². The van der Waals surface area contributed by atoms with Crippen molar-refractivity contribution in [3.8, 4) is 5.75 Å². The maximum Gasteiger partial charge on any atom is 0.416 e. The smallest absolute Gasteiger partial charge is 0.416 e. The molecule has 1 aliphatic heterocycles. The molecule has 0 spiro atoms. The molecular weight excluding hydrogens is 373 g/mol. The number of nitrogens with one attached hydrogen (secondary N) is 1. The summed E-state index contributed by atoms with van der Waals surface area (Å²) in [6, 6.07) is 11.0. The van der Waals surface area contributed by atoms with Crippen LogP contribution in [0.25, 0.3) is 0 Å². The first kappa shape index (κ1) is 19.7. The van der Waals surface area contributed by atoms with Gasteiger partial charge in [0.25, 0.3) is 5.91 Å². The molecule has 1 fully saturated rings. The van der Waals surface area contributed by atoms with Crippen molar-refractivity contribution in [2.24, 2.45) is 0 Å². The first-order valence-electron chi connectivity index (χ1n) is 8.79. The van der Waals surface area contributed by atoms with Gasteiger partial charge in [0.05, 0.1) is 5.56 Å². The molecule has 2 aromatic rings. The Morgan fingerprint density at radius 2 is 1.75 bits per heavy atom. The lowest BCUT2D eigenvalue weighted by molar-refractivity contribution is -0.137. The highest BCUT2D eigenvalue weighted by Gasteiger charge is 2.30. The summed E-state index contributed by atoms with van der Waals surface area (Å²) in [7, 11) is 0. The van der Waals surface area contributed by atoms with Gasteiger partial charge in [-0.2, -0.15) is 13.2 Å². The zero-order valence-corrected chi connectivity index (χ0v) is 15.1. The molecule has 0 aromatic heterocycles. The third-order valence-corrected chi connectivity index (χ3v) is 4.38. The molecular formula is C20H19F3N2O3. The summed E-state index contributed by atoms with van der Waals surface area (Å²) in [5.41, 5.74) is 0.236. The number of halogens is 3. The molecule has 28 heavy (non-hydrogen) atoms. The fourth-order valence-electron chi connectivity index (χ4n) is 2.87. The standard InChI is InChI=1S/C20H19F3N2O3/c1-13(19(27)24-15-6-4-14(5-7-15)20(21,22)23)28-17-10-8-16(9-11-17)25-12-2-3-18(25)26/h4-11,13H,2-3,12H2,1H3,(H,24,27)/t13-/m1/s1. The van der Waals surface area contributed by atoms with Crippen LogP contribution in [0.15, 0.2) is 48.5 Å². The Bertz CT molecular complexity index is 848. The maximum atomic E-state index is 12.6. The molecule has 1 saturated heterocycles. The second-order valence-electron chi connectivity index (χ2n) is 6.47. The molecule has 1 heterocycles. The average Bonchev–Trinajstić information content (AvgIpc) is 3.08. The Morgan fingerprint density at radius 1 is 1.11 bits per heavy atom. The van der Waals surface area contributed by atoms with E-state index in [1.54, 1.807) is 29.2 Å². The van der Waals surface area contributed by atoms with Crippen molar-refractivity contribution >= 4 is 23.2 Å². The SMILES string of the molecule is C[C@@H](Oc1ccc(N2CCCC2=O)cc1)C(=O)Nc1ccc(C(F)(F)F)cc1. The number of benzene rings is 2. The average molecular weight is 392 g/mol. The Labute approximate surface area is 160 Å². The summed E-state index contributed by atoms with van der Waals surface area (Å²) in [4.78, 5) is 25.7. The third-order valence-electron chi connectivity index (χ3n) is 4.38. The van der Waals surface area contributed by atoms with E-state index in [9.17, 15) is 22.8 Å². The van der Waals surface area contributed by atoms with Gasteiger partial charge in [0.2, 0.25) is 5.91 Å². The number of hydrogen-bond donors (Lipinski definition) is 1. The minimum absolute atomic E-state index is 0.0814. The Kier molecular flexibility index (Phi) is 5.58. The van der Waals surface area contributed by atoms with E-state index in [4.69, 9.17) is 4.74 Å². The van der Waals surface area contributed by atoms with Crippen molar-refractivity contribution in [3.63, 3.8) is 0 Å². The monoisotopic (exact) mass is 392 g/mol. The molecule has 1 atom stereocenters. The molecule has 8 heteroatoms. The van der Waals surface area contributed by atoms with Gasteiger partial charge in [-0.3, -0.25) is 9.59 Å². The summed E-state index contributed by atoms with van der Waals surface area (Å²) in [6.45, 7) is 2.22. The lowest BCUT2D eigenvalue weighted by Gasteiger charge is -2.18. The Morgan fingerprint density at radius 3 is 2.29 bits per heavy atom. The van der Waals surface area contributed by atoms with Crippen LogP contribution in [0.1, 0.15) is 25.3 Å². The number of alkyl halides is 3. The van der Waals surface area contributed by atoms with Gasteiger partial charge in [-0.25, -0.2) is 0 Å². The van der Waals surface area contributed by atoms with Crippen LogP contribution in [0.5, 0.6) is 5.75 Å². The fraction of sp³-hybridized carbons (Fsp3) is 0.300. The van der Waals surface area contributed by atoms with E-state index in [2.05, 4.69) is 5.32 Å². The topological polar surface area (TPSA) is 58.6 Å². The summed E-state index contributed by atoms with van der Waals surface area (Å²) in [5, 5.41) is 2.52. The second-order valence-corrected chi connectivity index (χ2v) is 6.47. The summed E-state index contributed by atoms with van der Waals surface area (Å²) in [6.07, 6.45) is -3.91. The molecule has 1 N–H and O–H groups in total. The second kappa shape index (κ2) is 7.92. The Hall–Kier alpha value is -3.03. The zero-order chi connectivity index (χ0) is 20.3. The van der Waals surface area contributed by atoms with E-state index in [0.717, 1.165) is 24.2 Å². The Balaban J connectivity index is 1.57. The molecule has 3 rings (SSSR count). The van der Waals surface area contributed by atoms with E-state index in [0.29, 0.717) is 18.7 Å². The zero-order valence-electron chi connectivity index (χ0n) is 15.1. The molecule has 0 aliphatic carbocycles. The number of carbonyl (C=O) groups is 2. The third kappa shape index (κ3) is 4.62. The lowest BCUT2D eigenvalue weighted by atomic mass is 10.2. The molecule has 2 amide bonds. The highest BCUT2D eigenvalue weighted by atomic mass is 19.4. The van der Waals surface area contributed by atoms with Crippen LogP contribution in [0.2, 0.25) is 0 Å². The minimum Gasteiger partial charge on any atom is -0.481 e. The summed E-state index contributed by atoms with van der Waals surface area (Å²) >= 11 is 0. The van der Waals surface area contributed by atoms with Gasteiger partial charge in [0.15, 0.2) is 6.10 Å². The largest absolute Gasteiger partial charge is 0.481 e. The van der Waals surface area contributed by atoms with Crippen molar-refractivity contribution in [2.45, 2.75) is 32.0 Å². The van der Waals surface area contributed by atoms with Crippen LogP contribution in [0.4, 0.5) is 24.5 Å². The fourth-order valence-corrected chi connectivity index (χ4v) is 2.87. The molecule has 5 nitrogen and oxygen atoms in total. The summed E-state index contributed by atoms with van der Waals surface area (Å²) < 4.78 is 43.3. The highest BCUT2D eigenvalue weighted by Crippen LogP contribution is 2.30. The molecule has 1 aliphatic rings. The van der Waals surface area contributed by atoms with E-state index < -0.39 is 23.8 Å². The van der Waals surface area contributed by atoms with Crippen molar-refractivity contribution in [2.75, 3.05) is 16.8 Å². The number of carbonyl (C=O) groups excluding carboxylic acids is 2. The van der Waals surface area contributed by atoms with Gasteiger partial charge in [-0.05, 0) is 61.9 Å². The van der Waals surface area contributed by atoms with Crippen LogP contribution in [0.3, 0.4) is 0 Å². The summed E-state index contributed by atoms with van der Waals surface area (Å²) in [5.74, 6) is 0.0435. The first-order valence-corrected chi connectivity index (χ1v) is 8.79. The van der Waals surface area contributed by atoms with Gasteiger partial charge >= 0.3 is 6.18 Å². The number of amides is 2. The van der Waals surface area contributed by atoms with Gasteiger partial charge in [0.1, 0.15) is 5.75 Å². The first-order chi connectivity index (χ1) is 13.2. The number of rotatable bonds is 5. The number of hydrogen-bond acceptors (Lipinski definition) is 3. The predicted octanol–water partition coefficient (Wildman–Crippen LogP) is 4.24. The van der Waals surface area contributed by atoms with Crippen LogP contribution in [-0.2, 0) is 15.8 Å². The number of anilines is 2. The van der Waals surface area contributed by atoms with Crippen LogP contribution in [-0.4, -0.2) is 24.5 Å². The highest BCUT2D eigenvalue weighted by molar-refractivity contribution is 5.95. The van der Waals surface area contributed by atoms with E-state index in [-0.39, 0.29) is 11.6 Å². The molecule has 0 bridgehead atoms. The van der Waals surface area contributed by atoms with Crippen molar-refractivity contribution in [3.05, 3.63) is 54.1 Å². The predicted molar refractivity (Wildman–Crippen MR) is 98.2 cm³/mol. The van der Waals surface area contributed by atoms with Gasteiger partial charge in [0, 0.05) is 24.3 Å². The van der Waals surface area contributed by atoms with E-state index in [1.165, 1.54) is 19.1 Å². The number of nitrogens with zero attached hydrogens (tertiary/aromatic N) is 1. The minimum atomic E-state index is -4.43. The van der Waals surface area contributed by atoms with Crippen LogP contribution >= 0.6 is 0 Å².